The van der Waals surface area contributed by atoms with Crippen molar-refractivity contribution in [1.29, 1.82) is 0 Å². The topological polar surface area (TPSA) is 86.6 Å². The number of hydrogen-bond acceptors (Lipinski definition) is 5. The summed E-state index contributed by atoms with van der Waals surface area (Å²) in [6.07, 6.45) is -2.36. The second-order valence-electron chi connectivity index (χ2n) is 6.24. The van der Waals surface area contributed by atoms with Crippen LogP contribution in [0.3, 0.4) is 0 Å². The number of aliphatic carboxylic acids is 1. The third-order valence-electron chi connectivity index (χ3n) is 4.63. The van der Waals surface area contributed by atoms with Crippen LogP contribution in [0.5, 0.6) is 0 Å². The molecule has 1 amide bonds. The zero-order valence-electron chi connectivity index (χ0n) is 13.2. The van der Waals surface area contributed by atoms with Gasteiger partial charge in [-0.3, -0.25) is 9.59 Å². The number of alkyl halides is 3. The first-order valence-electron chi connectivity index (χ1n) is 7.93. The molecule has 0 aliphatic carbocycles. The molecule has 1 atom stereocenters. The molecule has 7 nitrogen and oxygen atoms in total. The standard InChI is InChI=1S/C15H17F3N4O3/c16-15(17,18)11-1-4-19-14(20-11)21-5-2-10(3-6-21)22-8-9(13(24)25)7-12(22)23/h1,4,9-10H,2-3,5-8H2,(H,24,25). The molecular weight excluding hydrogens is 341 g/mol. The highest BCUT2D eigenvalue weighted by molar-refractivity contribution is 5.86. The number of carboxylic acid groups (broad SMARTS) is 1. The molecule has 0 radical (unpaired) electrons. The van der Waals surface area contributed by atoms with Gasteiger partial charge in [0.2, 0.25) is 11.9 Å². The fraction of sp³-hybridized carbons (Fsp3) is 0.600. The van der Waals surface area contributed by atoms with Crippen molar-refractivity contribution in [3.63, 3.8) is 0 Å². The fourth-order valence-electron chi connectivity index (χ4n) is 3.29. The van der Waals surface area contributed by atoms with Crippen molar-refractivity contribution in [1.82, 2.24) is 14.9 Å². The maximum atomic E-state index is 12.7. The Kier molecular flexibility index (Phi) is 4.53. The summed E-state index contributed by atoms with van der Waals surface area (Å²) in [5.41, 5.74) is -0.987. The van der Waals surface area contributed by atoms with E-state index in [1.165, 1.54) is 0 Å². The van der Waals surface area contributed by atoms with Crippen molar-refractivity contribution in [3.8, 4) is 0 Å². The quantitative estimate of drug-likeness (QED) is 0.879. The van der Waals surface area contributed by atoms with Gasteiger partial charge in [0.1, 0.15) is 5.69 Å². The second kappa shape index (κ2) is 6.49. The number of carbonyl (C=O) groups is 2. The number of halogens is 3. The summed E-state index contributed by atoms with van der Waals surface area (Å²) in [5.74, 6) is -1.83. The van der Waals surface area contributed by atoms with E-state index < -0.39 is 23.8 Å². The van der Waals surface area contributed by atoms with Gasteiger partial charge in [0, 0.05) is 38.3 Å². The Morgan fingerprint density at radius 2 is 1.96 bits per heavy atom. The number of piperidine rings is 1. The molecule has 2 aliphatic heterocycles. The van der Waals surface area contributed by atoms with Crippen LogP contribution in [0.15, 0.2) is 12.3 Å². The molecule has 136 valence electrons. The lowest BCUT2D eigenvalue weighted by Crippen LogP contribution is -2.46. The van der Waals surface area contributed by atoms with Crippen LogP contribution >= 0.6 is 0 Å². The van der Waals surface area contributed by atoms with Gasteiger partial charge in [-0.2, -0.15) is 13.2 Å². The Bertz CT molecular complexity index is 674. The van der Waals surface area contributed by atoms with Crippen LogP contribution < -0.4 is 4.90 Å². The summed E-state index contributed by atoms with van der Waals surface area (Å²) in [5, 5.41) is 9.03. The molecule has 1 aromatic rings. The first-order valence-corrected chi connectivity index (χ1v) is 7.93. The number of amides is 1. The minimum Gasteiger partial charge on any atom is -0.481 e. The molecule has 0 spiro atoms. The van der Waals surface area contributed by atoms with Crippen LogP contribution in [-0.2, 0) is 15.8 Å². The molecule has 1 N–H and O–H groups in total. The molecule has 2 fully saturated rings. The van der Waals surface area contributed by atoms with E-state index >= 15 is 0 Å². The Morgan fingerprint density at radius 1 is 1.28 bits per heavy atom. The highest BCUT2D eigenvalue weighted by Gasteiger charge is 2.39. The summed E-state index contributed by atoms with van der Waals surface area (Å²) in [6, 6.07) is 0.726. The van der Waals surface area contributed by atoms with E-state index in [1.807, 2.05) is 0 Å². The van der Waals surface area contributed by atoms with E-state index in [4.69, 9.17) is 5.11 Å². The largest absolute Gasteiger partial charge is 0.481 e. The number of likely N-dealkylation sites (tertiary alicyclic amines) is 1. The number of anilines is 1. The maximum Gasteiger partial charge on any atom is 0.433 e. The average Bonchev–Trinajstić information content (AvgIpc) is 2.96. The molecule has 1 unspecified atom stereocenters. The van der Waals surface area contributed by atoms with Crippen LogP contribution in [0.4, 0.5) is 19.1 Å². The summed E-state index contributed by atoms with van der Waals surface area (Å²) in [6.45, 7) is 1.01. The first kappa shape index (κ1) is 17.4. The van der Waals surface area contributed by atoms with E-state index in [-0.39, 0.29) is 30.9 Å². The average molecular weight is 358 g/mol. The fourth-order valence-corrected chi connectivity index (χ4v) is 3.29. The number of carboxylic acids is 1. The Labute approximate surface area is 141 Å². The normalized spacial score (nSPS) is 22.5. The van der Waals surface area contributed by atoms with Crippen LogP contribution in [0.2, 0.25) is 0 Å². The van der Waals surface area contributed by atoms with E-state index in [9.17, 15) is 22.8 Å². The lowest BCUT2D eigenvalue weighted by Gasteiger charge is -2.36. The monoisotopic (exact) mass is 358 g/mol. The molecule has 2 aliphatic rings. The number of hydrogen-bond donors (Lipinski definition) is 1. The third-order valence-corrected chi connectivity index (χ3v) is 4.63. The highest BCUT2D eigenvalue weighted by atomic mass is 19.4. The maximum absolute atomic E-state index is 12.7. The van der Waals surface area contributed by atoms with E-state index in [0.29, 0.717) is 25.9 Å². The van der Waals surface area contributed by atoms with Crippen molar-refractivity contribution in [2.24, 2.45) is 5.92 Å². The van der Waals surface area contributed by atoms with Gasteiger partial charge < -0.3 is 14.9 Å². The molecule has 1 aromatic heterocycles. The molecule has 0 bridgehead atoms. The lowest BCUT2D eigenvalue weighted by atomic mass is 10.0. The Morgan fingerprint density at radius 3 is 2.52 bits per heavy atom. The molecule has 25 heavy (non-hydrogen) atoms. The molecule has 0 saturated carbocycles. The SMILES string of the molecule is O=C(O)C1CC(=O)N(C2CCN(c3nccc(C(F)(F)F)n3)CC2)C1. The van der Waals surface area contributed by atoms with E-state index in [2.05, 4.69) is 9.97 Å². The first-order chi connectivity index (χ1) is 11.8. The highest BCUT2D eigenvalue weighted by Crippen LogP contribution is 2.30. The minimum absolute atomic E-state index is 0.00624. The molecule has 10 heteroatoms. The molecule has 3 rings (SSSR count). The minimum atomic E-state index is -4.52. The van der Waals surface area contributed by atoms with Crippen LogP contribution in [0, 0.1) is 5.92 Å². The van der Waals surface area contributed by atoms with E-state index in [1.54, 1.807) is 9.80 Å². The zero-order valence-corrected chi connectivity index (χ0v) is 13.2. The third kappa shape index (κ3) is 3.67. The van der Waals surface area contributed by atoms with Crippen molar-refractivity contribution < 1.29 is 27.9 Å². The van der Waals surface area contributed by atoms with Gasteiger partial charge in [-0.05, 0) is 18.9 Å². The van der Waals surface area contributed by atoms with Gasteiger partial charge in [-0.15, -0.1) is 0 Å². The predicted octanol–water partition coefficient (Wildman–Crippen LogP) is 1.40. The second-order valence-corrected chi connectivity index (χ2v) is 6.24. The molecular formula is C15H17F3N4O3. The Hall–Kier alpha value is -2.39. The van der Waals surface area contributed by atoms with Crippen LogP contribution in [0.1, 0.15) is 25.0 Å². The number of rotatable bonds is 3. The van der Waals surface area contributed by atoms with Gasteiger partial charge in [-0.25, -0.2) is 9.97 Å². The van der Waals surface area contributed by atoms with Gasteiger partial charge in [-0.1, -0.05) is 0 Å². The molecule has 3 heterocycles. The van der Waals surface area contributed by atoms with Gasteiger partial charge in [0.05, 0.1) is 5.92 Å². The summed E-state index contributed by atoms with van der Waals surface area (Å²) < 4.78 is 38.2. The predicted molar refractivity (Wildman–Crippen MR) is 79.7 cm³/mol. The number of nitrogens with zero attached hydrogens (tertiary/aromatic N) is 4. The molecule has 2 saturated heterocycles. The van der Waals surface area contributed by atoms with Crippen molar-refractivity contribution in [2.75, 3.05) is 24.5 Å². The lowest BCUT2D eigenvalue weighted by molar-refractivity contribution is -0.142. The van der Waals surface area contributed by atoms with Gasteiger partial charge in [0.15, 0.2) is 0 Å². The van der Waals surface area contributed by atoms with Crippen molar-refractivity contribution >= 4 is 17.8 Å². The van der Waals surface area contributed by atoms with Crippen LogP contribution in [-0.4, -0.2) is 57.5 Å². The van der Waals surface area contributed by atoms with Gasteiger partial charge >= 0.3 is 12.1 Å². The number of carbonyl (C=O) groups excluding carboxylic acids is 1. The van der Waals surface area contributed by atoms with Gasteiger partial charge in [0.25, 0.3) is 0 Å². The van der Waals surface area contributed by atoms with E-state index in [0.717, 1.165) is 12.3 Å². The summed E-state index contributed by atoms with van der Waals surface area (Å²) in [4.78, 5) is 33.7. The van der Waals surface area contributed by atoms with Crippen LogP contribution in [0.25, 0.3) is 0 Å². The molecule has 0 aromatic carbocycles. The smallest absolute Gasteiger partial charge is 0.433 e. The van der Waals surface area contributed by atoms with Crippen molar-refractivity contribution in [3.05, 3.63) is 18.0 Å². The summed E-state index contributed by atoms with van der Waals surface area (Å²) >= 11 is 0. The Balaban J connectivity index is 1.63. The van der Waals surface area contributed by atoms with Crippen molar-refractivity contribution in [2.45, 2.75) is 31.5 Å². The number of aromatic nitrogens is 2. The summed E-state index contributed by atoms with van der Waals surface area (Å²) in [7, 11) is 0. The zero-order chi connectivity index (χ0) is 18.2.